The van der Waals surface area contributed by atoms with Gasteiger partial charge < -0.3 is 15.1 Å². The van der Waals surface area contributed by atoms with Crippen molar-refractivity contribution in [2.75, 3.05) is 23.3 Å². The second-order valence-corrected chi connectivity index (χ2v) is 6.88. The average Bonchev–Trinajstić information content (AvgIpc) is 3.28. The fourth-order valence-corrected chi connectivity index (χ4v) is 3.91. The lowest BCUT2D eigenvalue weighted by Gasteiger charge is -2.25. The molecule has 128 valence electrons. The molecule has 1 atom stereocenters. The molecule has 3 heterocycles. The Balaban J connectivity index is 1.67. The SMILES string of the molecule is O=C(CN1C(=O)C2CCCN2C(=O)c2ccccc21)Nc1nccs1. The molecule has 4 rings (SSSR count). The number of hydrogen-bond acceptors (Lipinski definition) is 5. The van der Waals surface area contributed by atoms with E-state index in [-0.39, 0.29) is 24.3 Å². The minimum atomic E-state index is -0.493. The molecule has 25 heavy (non-hydrogen) atoms. The smallest absolute Gasteiger partial charge is 0.256 e. The van der Waals surface area contributed by atoms with Gasteiger partial charge in [0.05, 0.1) is 11.3 Å². The van der Waals surface area contributed by atoms with Crippen LogP contribution in [-0.4, -0.2) is 46.7 Å². The second kappa shape index (κ2) is 6.29. The fourth-order valence-electron chi connectivity index (χ4n) is 3.36. The van der Waals surface area contributed by atoms with Gasteiger partial charge in [-0.25, -0.2) is 4.98 Å². The third kappa shape index (κ3) is 2.78. The van der Waals surface area contributed by atoms with Crippen LogP contribution in [0.2, 0.25) is 0 Å². The maximum Gasteiger partial charge on any atom is 0.256 e. The summed E-state index contributed by atoms with van der Waals surface area (Å²) in [6, 6.07) is 6.46. The van der Waals surface area contributed by atoms with E-state index in [1.807, 2.05) is 0 Å². The Morgan fingerprint density at radius 1 is 1.32 bits per heavy atom. The van der Waals surface area contributed by atoms with Crippen LogP contribution < -0.4 is 10.2 Å². The van der Waals surface area contributed by atoms with Crippen LogP contribution in [0, 0.1) is 0 Å². The van der Waals surface area contributed by atoms with Crippen molar-refractivity contribution in [1.29, 1.82) is 0 Å². The monoisotopic (exact) mass is 356 g/mol. The van der Waals surface area contributed by atoms with Crippen LogP contribution in [0.4, 0.5) is 10.8 Å². The van der Waals surface area contributed by atoms with Crippen molar-refractivity contribution in [3.8, 4) is 0 Å². The van der Waals surface area contributed by atoms with Gasteiger partial charge in [0.15, 0.2) is 5.13 Å². The Bertz CT molecular complexity index is 836. The Labute approximate surface area is 148 Å². The number of nitrogens with zero attached hydrogens (tertiary/aromatic N) is 3. The van der Waals surface area contributed by atoms with E-state index in [0.717, 1.165) is 6.42 Å². The highest BCUT2D eigenvalue weighted by Crippen LogP contribution is 2.32. The molecule has 1 unspecified atom stereocenters. The van der Waals surface area contributed by atoms with Crippen LogP contribution in [0.15, 0.2) is 35.8 Å². The normalized spacial score (nSPS) is 19.4. The first-order valence-corrected chi connectivity index (χ1v) is 8.94. The van der Waals surface area contributed by atoms with Crippen LogP contribution in [0.5, 0.6) is 0 Å². The third-order valence-electron chi connectivity index (χ3n) is 4.47. The number of benzene rings is 1. The van der Waals surface area contributed by atoms with E-state index in [0.29, 0.717) is 29.3 Å². The summed E-state index contributed by atoms with van der Waals surface area (Å²) in [7, 11) is 0. The number of thiazole rings is 1. The number of carbonyl (C=O) groups excluding carboxylic acids is 3. The predicted molar refractivity (Wildman–Crippen MR) is 93.6 cm³/mol. The minimum absolute atomic E-state index is 0.144. The Hall–Kier alpha value is -2.74. The van der Waals surface area contributed by atoms with Gasteiger partial charge >= 0.3 is 0 Å². The molecule has 0 spiro atoms. The summed E-state index contributed by atoms with van der Waals surface area (Å²) in [5, 5.41) is 4.93. The van der Waals surface area contributed by atoms with Gasteiger partial charge in [0, 0.05) is 18.1 Å². The molecule has 8 heteroatoms. The first-order valence-electron chi connectivity index (χ1n) is 8.06. The molecular weight excluding hydrogens is 340 g/mol. The molecule has 1 N–H and O–H groups in total. The molecule has 0 bridgehead atoms. The van der Waals surface area contributed by atoms with Crippen LogP contribution in [0.1, 0.15) is 23.2 Å². The van der Waals surface area contributed by atoms with Crippen LogP contribution in [0.25, 0.3) is 0 Å². The topological polar surface area (TPSA) is 82.6 Å². The van der Waals surface area contributed by atoms with Crippen molar-refractivity contribution < 1.29 is 14.4 Å². The number of amides is 3. The zero-order valence-electron chi connectivity index (χ0n) is 13.3. The van der Waals surface area contributed by atoms with Gasteiger partial charge in [-0.3, -0.25) is 14.4 Å². The number of rotatable bonds is 3. The third-order valence-corrected chi connectivity index (χ3v) is 5.16. The molecule has 0 aliphatic carbocycles. The quantitative estimate of drug-likeness (QED) is 0.908. The molecule has 1 fully saturated rings. The minimum Gasteiger partial charge on any atom is -0.327 e. The number of para-hydroxylation sites is 1. The van der Waals surface area contributed by atoms with Crippen LogP contribution in [-0.2, 0) is 9.59 Å². The highest BCUT2D eigenvalue weighted by molar-refractivity contribution is 7.13. The summed E-state index contributed by atoms with van der Waals surface area (Å²) in [5.41, 5.74) is 0.948. The zero-order valence-corrected chi connectivity index (χ0v) is 14.2. The second-order valence-electron chi connectivity index (χ2n) is 5.98. The first kappa shape index (κ1) is 15.8. The summed E-state index contributed by atoms with van der Waals surface area (Å²) in [5.74, 6) is -0.684. The summed E-state index contributed by atoms with van der Waals surface area (Å²) >= 11 is 1.31. The molecule has 1 aromatic heterocycles. The standard InChI is InChI=1S/C17H16N4O3S/c22-14(19-17-18-7-9-25-17)10-21-12-5-2-1-4-11(12)15(23)20-8-3-6-13(20)16(21)24/h1-2,4-5,7,9,13H,3,6,8,10H2,(H,18,19,22). The van der Waals surface area contributed by atoms with Crippen LogP contribution in [0.3, 0.4) is 0 Å². The van der Waals surface area contributed by atoms with Gasteiger partial charge in [0.25, 0.3) is 5.91 Å². The summed E-state index contributed by atoms with van der Waals surface area (Å²) in [6.07, 6.45) is 3.02. The molecular formula is C17H16N4O3S. The number of fused-ring (bicyclic) bond motifs is 2. The maximum atomic E-state index is 13.0. The maximum absolute atomic E-state index is 13.0. The van der Waals surface area contributed by atoms with Crippen molar-refractivity contribution in [3.05, 3.63) is 41.4 Å². The molecule has 2 aliphatic rings. The van der Waals surface area contributed by atoms with E-state index in [2.05, 4.69) is 10.3 Å². The number of aromatic nitrogens is 1. The van der Waals surface area contributed by atoms with E-state index in [4.69, 9.17) is 0 Å². The van der Waals surface area contributed by atoms with E-state index in [9.17, 15) is 14.4 Å². The Kier molecular flexibility index (Phi) is 3.96. The molecule has 3 amide bonds. The lowest BCUT2D eigenvalue weighted by Crippen LogP contribution is -2.47. The highest BCUT2D eigenvalue weighted by atomic mass is 32.1. The summed E-state index contributed by atoms with van der Waals surface area (Å²) < 4.78 is 0. The molecule has 2 aromatic rings. The molecule has 2 aliphatic heterocycles. The van der Waals surface area contributed by atoms with Gasteiger partial charge in [-0.15, -0.1) is 11.3 Å². The highest BCUT2D eigenvalue weighted by Gasteiger charge is 2.42. The van der Waals surface area contributed by atoms with E-state index >= 15 is 0 Å². The molecule has 0 saturated carbocycles. The molecule has 0 radical (unpaired) electrons. The zero-order chi connectivity index (χ0) is 17.4. The van der Waals surface area contributed by atoms with Gasteiger partial charge in [0.2, 0.25) is 11.8 Å². The van der Waals surface area contributed by atoms with Crippen molar-refractivity contribution in [2.45, 2.75) is 18.9 Å². The molecule has 7 nitrogen and oxygen atoms in total. The predicted octanol–water partition coefficient (Wildman–Crippen LogP) is 1.73. The first-order chi connectivity index (χ1) is 12.1. The average molecular weight is 356 g/mol. The summed E-state index contributed by atoms with van der Waals surface area (Å²) in [6.45, 7) is 0.426. The van der Waals surface area contributed by atoms with E-state index < -0.39 is 6.04 Å². The van der Waals surface area contributed by atoms with Crippen LogP contribution >= 0.6 is 11.3 Å². The number of nitrogens with one attached hydrogen (secondary N) is 1. The Morgan fingerprint density at radius 3 is 2.96 bits per heavy atom. The number of carbonyl (C=O) groups is 3. The largest absolute Gasteiger partial charge is 0.327 e. The summed E-state index contributed by atoms with van der Waals surface area (Å²) in [4.78, 5) is 45.2. The van der Waals surface area contributed by atoms with E-state index in [1.54, 1.807) is 40.7 Å². The van der Waals surface area contributed by atoms with Crippen molar-refractivity contribution >= 4 is 39.9 Å². The molecule has 1 saturated heterocycles. The van der Waals surface area contributed by atoms with Gasteiger partial charge in [0.1, 0.15) is 12.6 Å². The number of anilines is 2. The van der Waals surface area contributed by atoms with Gasteiger partial charge in [-0.2, -0.15) is 0 Å². The van der Waals surface area contributed by atoms with Crippen molar-refractivity contribution in [1.82, 2.24) is 9.88 Å². The van der Waals surface area contributed by atoms with Gasteiger partial charge in [-0.05, 0) is 25.0 Å². The van der Waals surface area contributed by atoms with Crippen molar-refractivity contribution in [3.63, 3.8) is 0 Å². The fraction of sp³-hybridized carbons (Fsp3) is 0.294. The Morgan fingerprint density at radius 2 is 2.16 bits per heavy atom. The van der Waals surface area contributed by atoms with Gasteiger partial charge in [-0.1, -0.05) is 12.1 Å². The number of hydrogen-bond donors (Lipinski definition) is 1. The molecule has 1 aromatic carbocycles. The van der Waals surface area contributed by atoms with E-state index in [1.165, 1.54) is 16.2 Å². The lowest BCUT2D eigenvalue weighted by molar-refractivity contribution is -0.124. The van der Waals surface area contributed by atoms with Crippen molar-refractivity contribution in [2.24, 2.45) is 0 Å². The lowest BCUT2D eigenvalue weighted by atomic mass is 10.1.